The fourth-order valence-electron chi connectivity index (χ4n) is 2.35. The van der Waals surface area contributed by atoms with Gasteiger partial charge < -0.3 is 5.73 Å². The highest BCUT2D eigenvalue weighted by atomic mass is 32.2. The minimum Gasteiger partial charge on any atom is -0.333 e. The van der Waals surface area contributed by atoms with E-state index < -0.39 is 0 Å². The molecule has 0 aromatic heterocycles. The Hall–Kier alpha value is -1.06. The first-order chi connectivity index (χ1) is 9.36. The first-order valence-corrected chi connectivity index (χ1v) is 7.90. The number of allylic oxidation sites excluding steroid dienone is 1. The second kappa shape index (κ2) is 8.18. The fraction of sp³-hybridized carbons (Fsp3) is 0.438. The Kier molecular flexibility index (Phi) is 6.89. The SMILES string of the molecule is CC.CN.O=C1C2=C(CCC2)CSc2ccccc21. The Bertz CT molecular complexity index is 466. The standard InChI is InChI=1S/C13H12OS.C2H6.CH5N/c14-13-10-6-3-4-9(10)8-15-12-7-2-1-5-11(12)13;2*1-2/h1-2,5,7H,3-4,6,8H2;1-2H3;2H2,1H3. The highest BCUT2D eigenvalue weighted by Gasteiger charge is 2.26. The van der Waals surface area contributed by atoms with Gasteiger partial charge in [0.15, 0.2) is 5.78 Å². The van der Waals surface area contributed by atoms with Gasteiger partial charge in [0, 0.05) is 21.8 Å². The summed E-state index contributed by atoms with van der Waals surface area (Å²) in [6, 6.07) is 7.98. The van der Waals surface area contributed by atoms with Crippen LogP contribution in [0.25, 0.3) is 0 Å². The van der Waals surface area contributed by atoms with E-state index in [1.165, 1.54) is 19.0 Å². The van der Waals surface area contributed by atoms with Crippen LogP contribution >= 0.6 is 11.8 Å². The van der Waals surface area contributed by atoms with Crippen molar-refractivity contribution in [2.75, 3.05) is 12.8 Å². The third-order valence-corrected chi connectivity index (χ3v) is 4.30. The quantitative estimate of drug-likeness (QED) is 0.777. The lowest BCUT2D eigenvalue weighted by Crippen LogP contribution is -2.02. The summed E-state index contributed by atoms with van der Waals surface area (Å²) in [5.41, 5.74) is 7.91. The number of nitrogens with two attached hydrogens (primary N) is 1. The number of Topliss-reactive ketones (excluding diaryl/α,β-unsaturated/α-hetero) is 1. The Morgan fingerprint density at radius 2 is 1.79 bits per heavy atom. The number of carbonyl (C=O) groups excluding carboxylic acids is 1. The summed E-state index contributed by atoms with van der Waals surface area (Å²) in [5.74, 6) is 1.29. The van der Waals surface area contributed by atoms with E-state index >= 15 is 0 Å². The van der Waals surface area contributed by atoms with Gasteiger partial charge in [-0.2, -0.15) is 0 Å². The van der Waals surface area contributed by atoms with Gasteiger partial charge in [0.1, 0.15) is 0 Å². The van der Waals surface area contributed by atoms with E-state index in [0.29, 0.717) is 0 Å². The smallest absolute Gasteiger partial charge is 0.190 e. The van der Waals surface area contributed by atoms with Gasteiger partial charge in [-0.3, -0.25) is 4.79 Å². The maximum Gasteiger partial charge on any atom is 0.190 e. The summed E-state index contributed by atoms with van der Waals surface area (Å²) in [6.45, 7) is 4.00. The molecule has 0 bridgehead atoms. The lowest BCUT2D eigenvalue weighted by molar-refractivity contribution is 0.102. The first kappa shape index (κ1) is 16.0. The normalized spacial score (nSPS) is 16.3. The molecular weight excluding hydrogens is 254 g/mol. The molecular formula is C16H23NOS. The minimum absolute atomic E-state index is 0.281. The van der Waals surface area contributed by atoms with Gasteiger partial charge in [-0.1, -0.05) is 31.6 Å². The lowest BCUT2D eigenvalue weighted by atomic mass is 10.0. The molecule has 19 heavy (non-hydrogen) atoms. The third kappa shape index (κ3) is 3.48. The van der Waals surface area contributed by atoms with Gasteiger partial charge in [0.05, 0.1) is 0 Å². The maximum absolute atomic E-state index is 12.2. The highest BCUT2D eigenvalue weighted by Crippen LogP contribution is 2.38. The molecule has 1 aromatic rings. The second-order valence-electron chi connectivity index (χ2n) is 4.05. The molecule has 0 radical (unpaired) electrons. The molecule has 2 N–H and O–H groups in total. The van der Waals surface area contributed by atoms with Crippen molar-refractivity contribution in [3.63, 3.8) is 0 Å². The number of fused-ring (bicyclic) bond motifs is 1. The van der Waals surface area contributed by atoms with Gasteiger partial charge in [0.2, 0.25) is 0 Å². The Morgan fingerprint density at radius 3 is 2.53 bits per heavy atom. The van der Waals surface area contributed by atoms with Crippen LogP contribution in [-0.4, -0.2) is 18.6 Å². The number of ketones is 1. The molecule has 2 nitrogen and oxygen atoms in total. The Morgan fingerprint density at radius 1 is 1.11 bits per heavy atom. The van der Waals surface area contributed by atoms with Crippen molar-refractivity contribution in [3.8, 4) is 0 Å². The molecule has 1 heterocycles. The summed E-state index contributed by atoms with van der Waals surface area (Å²) in [5, 5.41) is 0. The zero-order valence-electron chi connectivity index (χ0n) is 12.0. The zero-order valence-corrected chi connectivity index (χ0v) is 12.8. The number of carbonyl (C=O) groups is 1. The highest BCUT2D eigenvalue weighted by molar-refractivity contribution is 7.99. The largest absolute Gasteiger partial charge is 0.333 e. The van der Waals surface area contributed by atoms with Crippen LogP contribution < -0.4 is 5.73 Å². The van der Waals surface area contributed by atoms with E-state index in [-0.39, 0.29) is 5.78 Å². The molecule has 3 rings (SSSR count). The minimum atomic E-state index is 0.281. The van der Waals surface area contributed by atoms with Crippen LogP contribution in [0.1, 0.15) is 43.5 Å². The van der Waals surface area contributed by atoms with E-state index in [4.69, 9.17) is 0 Å². The zero-order chi connectivity index (χ0) is 14.3. The third-order valence-electron chi connectivity index (χ3n) is 3.14. The van der Waals surface area contributed by atoms with Gasteiger partial charge in [-0.05, 0) is 38.4 Å². The summed E-state index contributed by atoms with van der Waals surface area (Å²) in [7, 11) is 1.50. The van der Waals surface area contributed by atoms with Gasteiger partial charge >= 0.3 is 0 Å². The lowest BCUT2D eigenvalue weighted by Gasteiger charge is -2.04. The van der Waals surface area contributed by atoms with Crippen LogP contribution in [0.15, 0.2) is 40.3 Å². The van der Waals surface area contributed by atoms with Crippen molar-refractivity contribution >= 4 is 17.5 Å². The number of thioether (sulfide) groups is 1. The van der Waals surface area contributed by atoms with E-state index in [2.05, 4.69) is 11.8 Å². The van der Waals surface area contributed by atoms with Crippen LogP contribution in [0.2, 0.25) is 0 Å². The first-order valence-electron chi connectivity index (χ1n) is 6.91. The molecule has 0 amide bonds. The van der Waals surface area contributed by atoms with Gasteiger partial charge in [-0.25, -0.2) is 0 Å². The molecule has 104 valence electrons. The van der Waals surface area contributed by atoms with Crippen LogP contribution in [0, 0.1) is 0 Å². The molecule has 2 aliphatic rings. The van der Waals surface area contributed by atoms with E-state index in [1.54, 1.807) is 0 Å². The van der Waals surface area contributed by atoms with Crippen LogP contribution in [0.5, 0.6) is 0 Å². The molecule has 0 atom stereocenters. The van der Waals surface area contributed by atoms with E-state index in [1.807, 2.05) is 43.8 Å². The topological polar surface area (TPSA) is 43.1 Å². The number of hydrogen-bond donors (Lipinski definition) is 1. The van der Waals surface area contributed by atoms with Crippen LogP contribution in [-0.2, 0) is 0 Å². The van der Waals surface area contributed by atoms with Crippen LogP contribution in [0.4, 0.5) is 0 Å². The monoisotopic (exact) mass is 277 g/mol. The molecule has 0 spiro atoms. The molecule has 0 fully saturated rings. The van der Waals surface area contributed by atoms with E-state index in [0.717, 1.165) is 34.6 Å². The molecule has 1 aliphatic carbocycles. The van der Waals surface area contributed by atoms with Crippen molar-refractivity contribution in [1.29, 1.82) is 0 Å². The van der Waals surface area contributed by atoms with Gasteiger partial charge in [0.25, 0.3) is 0 Å². The van der Waals surface area contributed by atoms with Gasteiger partial charge in [-0.15, -0.1) is 11.8 Å². The van der Waals surface area contributed by atoms with E-state index in [9.17, 15) is 4.79 Å². The predicted octanol–water partition coefficient (Wildman–Crippen LogP) is 4.06. The van der Waals surface area contributed by atoms with Crippen molar-refractivity contribution in [1.82, 2.24) is 0 Å². The molecule has 1 aromatic carbocycles. The summed E-state index contributed by atoms with van der Waals surface area (Å²) in [6.07, 6.45) is 3.28. The molecule has 0 unspecified atom stereocenters. The Balaban J connectivity index is 0.000000415. The van der Waals surface area contributed by atoms with Crippen LogP contribution in [0.3, 0.4) is 0 Å². The summed E-state index contributed by atoms with van der Waals surface area (Å²) >= 11 is 1.81. The molecule has 0 saturated carbocycles. The summed E-state index contributed by atoms with van der Waals surface area (Å²) in [4.78, 5) is 13.4. The number of hydrogen-bond acceptors (Lipinski definition) is 3. The van der Waals surface area contributed by atoms with Crippen molar-refractivity contribution in [2.45, 2.75) is 38.0 Å². The Labute approximate surface area is 120 Å². The van der Waals surface area contributed by atoms with Crippen molar-refractivity contribution in [2.24, 2.45) is 5.73 Å². The maximum atomic E-state index is 12.2. The molecule has 0 saturated heterocycles. The van der Waals surface area contributed by atoms with Crippen molar-refractivity contribution in [3.05, 3.63) is 41.0 Å². The molecule has 3 heteroatoms. The second-order valence-corrected chi connectivity index (χ2v) is 5.07. The van der Waals surface area contributed by atoms with Crippen molar-refractivity contribution < 1.29 is 4.79 Å². The average molecular weight is 277 g/mol. The fourth-order valence-corrected chi connectivity index (χ4v) is 3.49. The average Bonchev–Trinajstić information content (AvgIpc) is 2.93. The summed E-state index contributed by atoms with van der Waals surface area (Å²) < 4.78 is 0. The number of rotatable bonds is 0. The number of benzene rings is 1. The predicted molar refractivity (Wildman–Crippen MR) is 83.8 cm³/mol. The molecule has 1 aliphatic heterocycles.